The number of aromatic amines is 1. The summed E-state index contributed by atoms with van der Waals surface area (Å²) in [5.74, 6) is -0.477. The third-order valence-corrected chi connectivity index (χ3v) is 3.57. The van der Waals surface area contributed by atoms with Crippen molar-refractivity contribution in [2.45, 2.75) is 6.42 Å². The van der Waals surface area contributed by atoms with Gasteiger partial charge in [0.15, 0.2) is 5.58 Å². The van der Waals surface area contributed by atoms with Gasteiger partial charge in [-0.15, -0.1) is 11.3 Å². The summed E-state index contributed by atoms with van der Waals surface area (Å²) in [5.41, 5.74) is 8.33. The second-order valence-corrected chi connectivity index (χ2v) is 5.03. The summed E-state index contributed by atoms with van der Waals surface area (Å²) >= 11 is 1.62. The van der Waals surface area contributed by atoms with Crippen LogP contribution < -0.4 is 16.8 Å². The molecule has 98 valence electrons. The number of aromatic nitrogens is 2. The zero-order valence-corrected chi connectivity index (χ0v) is 10.8. The molecule has 6 nitrogen and oxygen atoms in total. The summed E-state index contributed by atoms with van der Waals surface area (Å²) in [5, 5.41) is 6.25. The predicted octanol–water partition coefficient (Wildman–Crippen LogP) is 1.81. The number of thiazole rings is 1. The highest BCUT2D eigenvalue weighted by Crippen LogP contribution is 2.24. The molecule has 1 aromatic carbocycles. The van der Waals surface area contributed by atoms with Crippen LogP contribution in [0.3, 0.4) is 0 Å². The molecule has 0 atom stereocenters. The fourth-order valence-corrected chi connectivity index (χ4v) is 2.47. The summed E-state index contributed by atoms with van der Waals surface area (Å²) in [4.78, 5) is 17.9. The lowest BCUT2D eigenvalue weighted by Gasteiger charge is -2.08. The minimum Gasteiger partial charge on any atom is -0.408 e. The van der Waals surface area contributed by atoms with Crippen molar-refractivity contribution in [2.75, 3.05) is 17.6 Å². The van der Waals surface area contributed by atoms with Crippen LogP contribution in [0.5, 0.6) is 0 Å². The summed E-state index contributed by atoms with van der Waals surface area (Å²) in [7, 11) is 0. The van der Waals surface area contributed by atoms with Crippen LogP contribution in [0.2, 0.25) is 0 Å². The van der Waals surface area contributed by atoms with E-state index < -0.39 is 5.76 Å². The van der Waals surface area contributed by atoms with Gasteiger partial charge in [0.25, 0.3) is 0 Å². The summed E-state index contributed by atoms with van der Waals surface area (Å²) < 4.78 is 4.94. The van der Waals surface area contributed by atoms with Crippen LogP contribution >= 0.6 is 11.3 Å². The number of nitrogens with two attached hydrogens (primary N) is 1. The van der Waals surface area contributed by atoms with Crippen LogP contribution in [0.1, 0.15) is 5.01 Å². The van der Waals surface area contributed by atoms with Gasteiger partial charge < -0.3 is 15.5 Å². The van der Waals surface area contributed by atoms with Gasteiger partial charge in [-0.05, 0) is 6.07 Å². The van der Waals surface area contributed by atoms with E-state index in [-0.39, 0.29) is 0 Å². The number of fused-ring (bicyclic) bond motifs is 1. The second kappa shape index (κ2) is 4.77. The minimum absolute atomic E-state index is 0.466. The minimum atomic E-state index is -0.477. The molecule has 2 heterocycles. The normalized spacial score (nSPS) is 10.9. The highest BCUT2D eigenvalue weighted by atomic mass is 32.1. The number of oxazole rings is 1. The Bertz CT molecular complexity index is 745. The van der Waals surface area contributed by atoms with Gasteiger partial charge in [0.1, 0.15) is 0 Å². The maximum Gasteiger partial charge on any atom is 0.417 e. The predicted molar refractivity (Wildman–Crippen MR) is 75.6 cm³/mol. The first-order valence-corrected chi connectivity index (χ1v) is 6.65. The molecule has 0 amide bonds. The third-order valence-electron chi connectivity index (χ3n) is 2.73. The Hall–Kier alpha value is -2.28. The van der Waals surface area contributed by atoms with Gasteiger partial charge in [0.2, 0.25) is 0 Å². The molecule has 4 N–H and O–H groups in total. The molecule has 7 heteroatoms. The highest BCUT2D eigenvalue weighted by Gasteiger charge is 2.06. The van der Waals surface area contributed by atoms with E-state index in [9.17, 15) is 4.79 Å². The summed E-state index contributed by atoms with van der Waals surface area (Å²) in [6.45, 7) is 0.727. The van der Waals surface area contributed by atoms with Gasteiger partial charge in [0.05, 0.1) is 21.9 Å². The van der Waals surface area contributed by atoms with Crippen molar-refractivity contribution in [3.63, 3.8) is 0 Å². The number of rotatable bonds is 4. The van der Waals surface area contributed by atoms with E-state index in [1.807, 2.05) is 5.38 Å². The van der Waals surface area contributed by atoms with E-state index in [4.69, 9.17) is 10.2 Å². The summed E-state index contributed by atoms with van der Waals surface area (Å²) in [6, 6.07) is 3.41. The van der Waals surface area contributed by atoms with Crippen LogP contribution in [0.25, 0.3) is 11.1 Å². The Kier molecular flexibility index (Phi) is 2.96. The van der Waals surface area contributed by atoms with Crippen LogP contribution in [0, 0.1) is 0 Å². The highest BCUT2D eigenvalue weighted by molar-refractivity contribution is 7.09. The molecule has 0 aliphatic carbocycles. The smallest absolute Gasteiger partial charge is 0.408 e. The number of anilines is 2. The van der Waals surface area contributed by atoms with Crippen molar-refractivity contribution in [3.8, 4) is 0 Å². The van der Waals surface area contributed by atoms with Gasteiger partial charge >= 0.3 is 5.76 Å². The first-order valence-electron chi connectivity index (χ1n) is 5.77. The molecule has 0 unspecified atom stereocenters. The fraction of sp³-hybridized carbons (Fsp3) is 0.167. The monoisotopic (exact) mass is 276 g/mol. The van der Waals surface area contributed by atoms with Crippen molar-refractivity contribution in [1.29, 1.82) is 0 Å². The number of benzene rings is 1. The molecule has 19 heavy (non-hydrogen) atoms. The lowest BCUT2D eigenvalue weighted by molar-refractivity contribution is 0.555. The summed E-state index contributed by atoms with van der Waals surface area (Å²) in [6.07, 6.45) is 2.62. The Labute approximate surface area is 112 Å². The van der Waals surface area contributed by atoms with Crippen LogP contribution in [-0.2, 0) is 6.42 Å². The molecule has 0 saturated heterocycles. The molecule has 0 aliphatic heterocycles. The molecule has 3 aromatic rings. The van der Waals surface area contributed by atoms with E-state index in [0.29, 0.717) is 16.8 Å². The number of hydrogen-bond donors (Lipinski definition) is 3. The van der Waals surface area contributed by atoms with Gasteiger partial charge in [-0.25, -0.2) is 9.78 Å². The molecule has 0 fully saturated rings. The average molecular weight is 276 g/mol. The number of hydrogen-bond acceptors (Lipinski definition) is 6. The van der Waals surface area contributed by atoms with Gasteiger partial charge in [0, 0.05) is 30.6 Å². The standard InChI is InChI=1S/C12H12N4O2S/c13-7-5-10-9(16-12(17)18-10)6-8(7)14-2-1-11-15-3-4-19-11/h3-6,14H,1-2,13H2,(H,16,17). The molecule has 2 aromatic heterocycles. The van der Waals surface area contributed by atoms with Gasteiger partial charge in [-0.1, -0.05) is 0 Å². The Morgan fingerprint density at radius 3 is 3.16 bits per heavy atom. The Morgan fingerprint density at radius 2 is 2.37 bits per heavy atom. The topological polar surface area (TPSA) is 96.9 Å². The zero-order valence-electron chi connectivity index (χ0n) is 9.97. The molecule has 0 aliphatic rings. The van der Waals surface area contributed by atoms with Crippen molar-refractivity contribution < 1.29 is 4.42 Å². The molecule has 0 bridgehead atoms. The van der Waals surface area contributed by atoms with Gasteiger partial charge in [-0.2, -0.15) is 0 Å². The van der Waals surface area contributed by atoms with Crippen molar-refractivity contribution in [3.05, 3.63) is 39.3 Å². The molecular formula is C12H12N4O2S. The van der Waals surface area contributed by atoms with E-state index in [1.54, 1.807) is 29.7 Å². The Balaban J connectivity index is 1.76. The van der Waals surface area contributed by atoms with Crippen LogP contribution in [0.15, 0.2) is 32.9 Å². The average Bonchev–Trinajstić information content (AvgIpc) is 2.98. The maximum absolute atomic E-state index is 11.1. The van der Waals surface area contributed by atoms with Crippen LogP contribution in [0.4, 0.5) is 11.4 Å². The van der Waals surface area contributed by atoms with Crippen molar-refractivity contribution in [1.82, 2.24) is 9.97 Å². The molecular weight excluding hydrogens is 264 g/mol. The number of H-pyrrole nitrogens is 1. The number of nitrogen functional groups attached to an aromatic ring is 1. The third kappa shape index (κ3) is 2.45. The largest absolute Gasteiger partial charge is 0.417 e. The van der Waals surface area contributed by atoms with Gasteiger partial charge in [-0.3, -0.25) is 4.98 Å². The van der Waals surface area contributed by atoms with E-state index >= 15 is 0 Å². The SMILES string of the molecule is Nc1cc2oc(=O)[nH]c2cc1NCCc1nccs1. The first-order chi connectivity index (χ1) is 9.22. The molecule has 0 saturated carbocycles. The van der Waals surface area contributed by atoms with Crippen molar-refractivity contribution in [2.24, 2.45) is 0 Å². The second-order valence-electron chi connectivity index (χ2n) is 4.05. The zero-order chi connectivity index (χ0) is 13.2. The first kappa shape index (κ1) is 11.8. The fourth-order valence-electron chi connectivity index (χ4n) is 1.85. The Morgan fingerprint density at radius 1 is 1.47 bits per heavy atom. The van der Waals surface area contributed by atoms with E-state index in [1.165, 1.54) is 0 Å². The van der Waals surface area contributed by atoms with E-state index in [2.05, 4.69) is 15.3 Å². The molecule has 0 spiro atoms. The number of nitrogens with one attached hydrogen (secondary N) is 2. The molecule has 0 radical (unpaired) electrons. The lowest BCUT2D eigenvalue weighted by atomic mass is 10.2. The number of nitrogens with zero attached hydrogens (tertiary/aromatic N) is 1. The van der Waals surface area contributed by atoms with Crippen molar-refractivity contribution >= 4 is 33.8 Å². The van der Waals surface area contributed by atoms with E-state index in [0.717, 1.165) is 23.7 Å². The molecule has 3 rings (SSSR count). The van der Waals surface area contributed by atoms with Crippen LogP contribution in [-0.4, -0.2) is 16.5 Å². The quantitative estimate of drug-likeness (QED) is 0.631. The lowest BCUT2D eigenvalue weighted by Crippen LogP contribution is -2.06. The maximum atomic E-state index is 11.1.